The van der Waals surface area contributed by atoms with Crippen LogP contribution in [0.25, 0.3) is 0 Å². The van der Waals surface area contributed by atoms with Crippen LogP contribution in [0.2, 0.25) is 5.02 Å². The van der Waals surface area contributed by atoms with E-state index in [1.807, 2.05) is 6.92 Å². The van der Waals surface area contributed by atoms with Crippen molar-refractivity contribution in [2.75, 3.05) is 6.54 Å². The van der Waals surface area contributed by atoms with E-state index in [0.717, 1.165) is 22.2 Å². The van der Waals surface area contributed by atoms with Gasteiger partial charge in [-0.15, -0.1) is 0 Å². The van der Waals surface area contributed by atoms with Crippen molar-refractivity contribution in [1.82, 2.24) is 5.32 Å². The zero-order chi connectivity index (χ0) is 14.7. The van der Waals surface area contributed by atoms with Crippen LogP contribution in [0.3, 0.4) is 0 Å². The molecule has 2 rings (SSSR count). The Hall–Kier alpha value is -0.970. The molecule has 0 aliphatic heterocycles. The molecule has 0 heterocycles. The minimum absolute atomic E-state index is 0.279. The molecule has 0 fully saturated rings. The summed E-state index contributed by atoms with van der Waals surface area (Å²) in [6, 6.07) is 8.36. The van der Waals surface area contributed by atoms with Crippen molar-refractivity contribution in [1.29, 1.82) is 0 Å². The lowest BCUT2D eigenvalue weighted by Gasteiger charge is -2.20. The summed E-state index contributed by atoms with van der Waals surface area (Å²) < 4.78 is 28.1. The fourth-order valence-corrected chi connectivity index (χ4v) is 2.55. The predicted molar refractivity (Wildman–Crippen MR) is 81.0 cm³/mol. The molecule has 1 nitrogen and oxygen atoms in total. The number of hydrogen-bond donors (Lipinski definition) is 1. The van der Waals surface area contributed by atoms with E-state index in [2.05, 4.69) is 21.2 Å². The minimum Gasteiger partial charge on any atom is -0.306 e. The SMILES string of the molecule is CCNC(c1ccc(Cl)c(Br)c1)c1cc(F)ccc1F. The van der Waals surface area contributed by atoms with Gasteiger partial charge in [0.05, 0.1) is 11.1 Å². The average molecular weight is 361 g/mol. The molecule has 2 aromatic rings. The summed E-state index contributed by atoms with van der Waals surface area (Å²) in [4.78, 5) is 0. The molecule has 1 unspecified atom stereocenters. The first-order valence-corrected chi connectivity index (χ1v) is 7.33. The standard InChI is InChI=1S/C15H13BrClF2N/c1-2-20-15(9-3-5-13(17)12(16)7-9)11-8-10(18)4-6-14(11)19/h3-8,15,20H,2H2,1H3. The van der Waals surface area contributed by atoms with Crippen LogP contribution in [0.5, 0.6) is 0 Å². The summed E-state index contributed by atoms with van der Waals surface area (Å²) in [5.74, 6) is -0.902. The lowest BCUT2D eigenvalue weighted by molar-refractivity contribution is 0.545. The lowest BCUT2D eigenvalue weighted by atomic mass is 9.98. The maximum atomic E-state index is 14.0. The van der Waals surface area contributed by atoms with E-state index in [9.17, 15) is 8.78 Å². The Bertz CT molecular complexity index is 619. The van der Waals surface area contributed by atoms with Gasteiger partial charge in [-0.2, -0.15) is 0 Å². The second-order valence-corrected chi connectivity index (χ2v) is 5.59. The molecule has 5 heteroatoms. The van der Waals surface area contributed by atoms with Crippen LogP contribution in [0.4, 0.5) is 8.78 Å². The molecule has 20 heavy (non-hydrogen) atoms. The summed E-state index contributed by atoms with van der Waals surface area (Å²) in [6.45, 7) is 2.54. The van der Waals surface area contributed by atoms with Gasteiger partial charge in [-0.1, -0.05) is 24.6 Å². The van der Waals surface area contributed by atoms with Crippen molar-refractivity contribution in [3.05, 3.63) is 68.7 Å². The summed E-state index contributed by atoms with van der Waals surface area (Å²) in [5, 5.41) is 3.73. The maximum Gasteiger partial charge on any atom is 0.128 e. The quantitative estimate of drug-likeness (QED) is 0.802. The number of hydrogen-bond acceptors (Lipinski definition) is 1. The maximum absolute atomic E-state index is 14.0. The van der Waals surface area contributed by atoms with Gasteiger partial charge in [0.15, 0.2) is 0 Å². The molecule has 0 spiro atoms. The largest absolute Gasteiger partial charge is 0.306 e. The molecule has 0 saturated heterocycles. The molecule has 106 valence electrons. The Kier molecular flexibility index (Phi) is 5.13. The topological polar surface area (TPSA) is 12.0 Å². The minimum atomic E-state index is -0.461. The van der Waals surface area contributed by atoms with E-state index in [1.165, 1.54) is 6.07 Å². The Morgan fingerprint density at radius 2 is 1.95 bits per heavy atom. The first-order chi connectivity index (χ1) is 9.52. The van der Waals surface area contributed by atoms with E-state index in [-0.39, 0.29) is 5.56 Å². The van der Waals surface area contributed by atoms with Crippen LogP contribution in [0.15, 0.2) is 40.9 Å². The van der Waals surface area contributed by atoms with Gasteiger partial charge in [-0.05, 0) is 58.4 Å². The second kappa shape index (κ2) is 6.66. The Labute approximate surface area is 130 Å². The first kappa shape index (κ1) is 15.4. The highest BCUT2D eigenvalue weighted by Gasteiger charge is 2.18. The summed E-state index contributed by atoms with van der Waals surface area (Å²) in [7, 11) is 0. The zero-order valence-corrected chi connectivity index (χ0v) is 13.1. The molecule has 1 atom stereocenters. The van der Waals surface area contributed by atoms with Gasteiger partial charge in [-0.3, -0.25) is 0 Å². The van der Waals surface area contributed by atoms with Gasteiger partial charge in [0.25, 0.3) is 0 Å². The van der Waals surface area contributed by atoms with Crippen molar-refractivity contribution in [2.24, 2.45) is 0 Å². The summed E-state index contributed by atoms with van der Waals surface area (Å²) in [6.07, 6.45) is 0. The van der Waals surface area contributed by atoms with Gasteiger partial charge < -0.3 is 5.32 Å². The van der Waals surface area contributed by atoms with E-state index in [4.69, 9.17) is 11.6 Å². The normalized spacial score (nSPS) is 12.4. The Morgan fingerprint density at radius 3 is 2.60 bits per heavy atom. The van der Waals surface area contributed by atoms with Crippen LogP contribution < -0.4 is 5.32 Å². The Morgan fingerprint density at radius 1 is 1.20 bits per heavy atom. The fraction of sp³-hybridized carbons (Fsp3) is 0.200. The van der Waals surface area contributed by atoms with Gasteiger partial charge >= 0.3 is 0 Å². The highest BCUT2D eigenvalue weighted by molar-refractivity contribution is 9.10. The Balaban J connectivity index is 2.49. The molecule has 0 aliphatic rings. The van der Waals surface area contributed by atoms with Crippen LogP contribution in [0, 0.1) is 11.6 Å². The van der Waals surface area contributed by atoms with E-state index in [1.54, 1.807) is 18.2 Å². The van der Waals surface area contributed by atoms with Crippen molar-refractivity contribution in [3.63, 3.8) is 0 Å². The molecule has 2 aromatic carbocycles. The molecule has 0 bridgehead atoms. The predicted octanol–water partition coefficient (Wildman–Crippen LogP) is 5.08. The molecular weight excluding hydrogens is 348 g/mol. The number of rotatable bonds is 4. The molecule has 1 N–H and O–H groups in total. The molecule has 0 amide bonds. The van der Waals surface area contributed by atoms with Crippen LogP contribution >= 0.6 is 27.5 Å². The third-order valence-electron chi connectivity index (χ3n) is 2.95. The van der Waals surface area contributed by atoms with E-state index >= 15 is 0 Å². The van der Waals surface area contributed by atoms with Gasteiger partial charge in [0.1, 0.15) is 11.6 Å². The fourth-order valence-electron chi connectivity index (χ4n) is 2.04. The van der Waals surface area contributed by atoms with Gasteiger partial charge in [-0.25, -0.2) is 8.78 Å². The summed E-state index contributed by atoms with van der Waals surface area (Å²) in [5.41, 5.74) is 1.09. The van der Waals surface area contributed by atoms with Crippen molar-refractivity contribution in [3.8, 4) is 0 Å². The monoisotopic (exact) mass is 359 g/mol. The second-order valence-electron chi connectivity index (χ2n) is 4.33. The zero-order valence-electron chi connectivity index (χ0n) is 10.8. The van der Waals surface area contributed by atoms with Crippen LogP contribution in [0.1, 0.15) is 24.1 Å². The third-order valence-corrected chi connectivity index (χ3v) is 4.17. The smallest absolute Gasteiger partial charge is 0.128 e. The number of nitrogens with one attached hydrogen (secondary N) is 1. The van der Waals surface area contributed by atoms with Gasteiger partial charge in [0.2, 0.25) is 0 Å². The number of benzene rings is 2. The van der Waals surface area contributed by atoms with E-state index in [0.29, 0.717) is 11.6 Å². The molecule has 0 aliphatic carbocycles. The lowest BCUT2D eigenvalue weighted by Crippen LogP contribution is -2.23. The van der Waals surface area contributed by atoms with Gasteiger partial charge in [0, 0.05) is 10.0 Å². The summed E-state index contributed by atoms with van der Waals surface area (Å²) >= 11 is 9.31. The number of halogens is 4. The molecular formula is C15H13BrClF2N. The van der Waals surface area contributed by atoms with Crippen molar-refractivity contribution < 1.29 is 8.78 Å². The van der Waals surface area contributed by atoms with Crippen molar-refractivity contribution >= 4 is 27.5 Å². The molecule has 0 saturated carbocycles. The van der Waals surface area contributed by atoms with Crippen LogP contribution in [-0.4, -0.2) is 6.54 Å². The van der Waals surface area contributed by atoms with Crippen LogP contribution in [-0.2, 0) is 0 Å². The highest BCUT2D eigenvalue weighted by Crippen LogP contribution is 2.30. The average Bonchev–Trinajstić information content (AvgIpc) is 2.42. The van der Waals surface area contributed by atoms with Crippen molar-refractivity contribution in [2.45, 2.75) is 13.0 Å². The first-order valence-electron chi connectivity index (χ1n) is 6.16. The highest BCUT2D eigenvalue weighted by atomic mass is 79.9. The molecule has 0 radical (unpaired) electrons. The van der Waals surface area contributed by atoms with E-state index < -0.39 is 17.7 Å². The molecule has 0 aromatic heterocycles. The third kappa shape index (κ3) is 3.37.